The zero-order valence-electron chi connectivity index (χ0n) is 29.2. The van der Waals surface area contributed by atoms with Gasteiger partial charge in [-0.1, -0.05) is 55.3 Å². The number of fused-ring (bicyclic) bond motifs is 1. The summed E-state index contributed by atoms with van der Waals surface area (Å²) in [6.07, 6.45) is 7.91. The topological polar surface area (TPSA) is 139 Å². The lowest BCUT2D eigenvalue weighted by Crippen LogP contribution is -2.24. The Morgan fingerprint density at radius 2 is 1.69 bits per heavy atom. The van der Waals surface area contributed by atoms with Gasteiger partial charge in [-0.25, -0.2) is 19.4 Å². The molecule has 3 aromatic carbocycles. The van der Waals surface area contributed by atoms with Crippen molar-refractivity contribution in [1.29, 1.82) is 0 Å². The minimum absolute atomic E-state index is 0.0587. The average molecular weight is 684 g/mol. The predicted octanol–water partition coefficient (Wildman–Crippen LogP) is 7.46. The van der Waals surface area contributed by atoms with Crippen molar-refractivity contribution in [2.75, 3.05) is 30.0 Å². The molecule has 0 fully saturated rings. The number of unbranched alkanes of at least 4 members (excludes halogenated alkanes) is 1. The molecule has 3 heterocycles. The van der Waals surface area contributed by atoms with Crippen LogP contribution in [0, 0.1) is 6.92 Å². The maximum Gasteiger partial charge on any atom is 0.324 e. The third-order valence-corrected chi connectivity index (χ3v) is 8.19. The molecule has 0 unspecified atom stereocenters. The van der Waals surface area contributed by atoms with E-state index >= 15 is 0 Å². The van der Waals surface area contributed by atoms with Crippen LogP contribution in [0.4, 0.5) is 27.9 Å². The van der Waals surface area contributed by atoms with Crippen molar-refractivity contribution >= 4 is 45.9 Å². The number of urea groups is 1. The Morgan fingerprint density at radius 3 is 2.47 bits per heavy atom. The summed E-state index contributed by atoms with van der Waals surface area (Å²) in [6.45, 7) is 4.46. The average Bonchev–Trinajstić information content (AvgIpc) is 3.53. The van der Waals surface area contributed by atoms with Crippen molar-refractivity contribution in [3.05, 3.63) is 120 Å². The predicted molar refractivity (Wildman–Crippen MR) is 200 cm³/mol. The number of amides is 3. The van der Waals surface area contributed by atoms with E-state index in [1.54, 1.807) is 37.4 Å². The number of benzene rings is 3. The molecule has 12 nitrogen and oxygen atoms in total. The number of pyridine rings is 1. The summed E-state index contributed by atoms with van der Waals surface area (Å²) in [5.41, 5.74) is 5.04. The minimum atomic E-state index is -0.375. The van der Waals surface area contributed by atoms with Crippen LogP contribution in [-0.4, -0.2) is 55.7 Å². The molecule has 51 heavy (non-hydrogen) atoms. The summed E-state index contributed by atoms with van der Waals surface area (Å²) in [4.78, 5) is 40.2. The normalized spacial score (nSPS) is 10.9. The number of carbonyl (C=O) groups excluding carboxylic acids is 2. The molecule has 0 saturated carbocycles. The summed E-state index contributed by atoms with van der Waals surface area (Å²) in [5.74, 6) is 2.26. The molecule has 0 atom stereocenters. The Balaban J connectivity index is 1.14. The van der Waals surface area contributed by atoms with E-state index in [9.17, 15) is 9.59 Å². The van der Waals surface area contributed by atoms with Gasteiger partial charge in [-0.15, -0.1) is 0 Å². The molecule has 3 aromatic heterocycles. The zero-order chi connectivity index (χ0) is 35.7. The maximum atomic E-state index is 13.4. The molecular formula is C39H41N9O3. The van der Waals surface area contributed by atoms with E-state index in [4.69, 9.17) is 9.84 Å². The summed E-state index contributed by atoms with van der Waals surface area (Å²) in [7, 11) is 3.41. The lowest BCUT2D eigenvalue weighted by Gasteiger charge is -2.15. The SMILES string of the molecule is CCCCc1cc(NC(=O)Nc2ccc(OCc3ccnc(Nc4cncc(CC(=O)N(C)C)n4)c3)c3ccccc23)n(-c2ccc(C)cc2)n1. The highest BCUT2D eigenvalue weighted by Gasteiger charge is 2.15. The van der Waals surface area contributed by atoms with E-state index in [2.05, 4.69) is 37.8 Å². The third kappa shape index (κ3) is 8.84. The Morgan fingerprint density at radius 1 is 0.882 bits per heavy atom. The van der Waals surface area contributed by atoms with Crippen molar-refractivity contribution < 1.29 is 14.3 Å². The van der Waals surface area contributed by atoms with Crippen LogP contribution in [0.15, 0.2) is 97.5 Å². The molecule has 6 aromatic rings. The number of carbonyl (C=O) groups is 2. The monoisotopic (exact) mass is 683 g/mol. The second-order valence-corrected chi connectivity index (χ2v) is 12.4. The number of nitrogens with zero attached hydrogens (tertiary/aromatic N) is 6. The van der Waals surface area contributed by atoms with Gasteiger partial charge in [0, 0.05) is 43.3 Å². The summed E-state index contributed by atoms with van der Waals surface area (Å²) < 4.78 is 8.07. The van der Waals surface area contributed by atoms with Crippen molar-refractivity contribution in [1.82, 2.24) is 29.6 Å². The van der Waals surface area contributed by atoms with Gasteiger partial charge in [0.25, 0.3) is 0 Å². The van der Waals surface area contributed by atoms with Gasteiger partial charge in [-0.3, -0.25) is 15.1 Å². The van der Waals surface area contributed by atoms with Gasteiger partial charge in [0.2, 0.25) is 5.91 Å². The van der Waals surface area contributed by atoms with Crippen LogP contribution < -0.4 is 20.7 Å². The first kappa shape index (κ1) is 34.6. The number of hydrogen-bond acceptors (Lipinski definition) is 8. The molecule has 0 aliphatic rings. The number of aryl methyl sites for hydroxylation is 2. The minimum Gasteiger partial charge on any atom is -0.488 e. The van der Waals surface area contributed by atoms with Gasteiger partial charge >= 0.3 is 6.03 Å². The van der Waals surface area contributed by atoms with Gasteiger partial charge in [-0.05, 0) is 61.7 Å². The summed E-state index contributed by atoms with van der Waals surface area (Å²) in [6, 6.07) is 24.8. The molecule has 0 bridgehead atoms. The number of rotatable bonds is 13. The second kappa shape index (κ2) is 15.9. The molecule has 0 aliphatic carbocycles. The highest BCUT2D eigenvalue weighted by molar-refractivity contribution is 6.07. The molecule has 0 radical (unpaired) electrons. The quantitative estimate of drug-likeness (QED) is 0.114. The van der Waals surface area contributed by atoms with Gasteiger partial charge < -0.3 is 20.3 Å². The number of aromatic nitrogens is 5. The Kier molecular flexibility index (Phi) is 10.8. The van der Waals surface area contributed by atoms with Crippen molar-refractivity contribution in [2.24, 2.45) is 0 Å². The van der Waals surface area contributed by atoms with E-state index in [0.717, 1.165) is 52.5 Å². The number of likely N-dealkylation sites (N-methyl/N-ethyl adjacent to an activating group) is 1. The van der Waals surface area contributed by atoms with Crippen LogP contribution >= 0.6 is 0 Å². The van der Waals surface area contributed by atoms with E-state index in [1.807, 2.05) is 85.8 Å². The molecule has 260 valence electrons. The number of anilines is 4. The van der Waals surface area contributed by atoms with Crippen LogP contribution in [0.2, 0.25) is 0 Å². The fourth-order valence-corrected chi connectivity index (χ4v) is 5.45. The van der Waals surface area contributed by atoms with E-state index < -0.39 is 0 Å². The van der Waals surface area contributed by atoms with Crippen molar-refractivity contribution in [3.8, 4) is 11.4 Å². The van der Waals surface area contributed by atoms with Crippen LogP contribution in [0.1, 0.15) is 42.3 Å². The summed E-state index contributed by atoms with van der Waals surface area (Å²) >= 11 is 0. The standard InChI is InChI=1S/C39H41N9O3/c1-5-6-9-28-21-37(48(46-28)30-14-12-26(2)13-15-30)45-39(50)43-33-16-17-34(32-11-8-7-10-31(32)33)51-25-27-18-19-41-35(20-27)44-36-24-40-23-29(42-36)22-38(49)47(3)4/h7-8,10-21,23-24H,5-6,9,22,25H2,1-4H3,(H,41,42,44)(H2,43,45,50). The highest BCUT2D eigenvalue weighted by Crippen LogP contribution is 2.32. The molecule has 3 N–H and O–H groups in total. The molecule has 12 heteroatoms. The number of ether oxygens (including phenoxy) is 1. The zero-order valence-corrected chi connectivity index (χ0v) is 29.2. The van der Waals surface area contributed by atoms with Gasteiger partial charge in [0.1, 0.15) is 29.8 Å². The smallest absolute Gasteiger partial charge is 0.324 e. The maximum absolute atomic E-state index is 13.4. The molecule has 0 saturated heterocycles. The Hall–Kier alpha value is -6.30. The fourth-order valence-electron chi connectivity index (χ4n) is 5.45. The van der Waals surface area contributed by atoms with Crippen molar-refractivity contribution in [2.45, 2.75) is 46.1 Å². The van der Waals surface area contributed by atoms with E-state index in [1.165, 1.54) is 4.90 Å². The third-order valence-electron chi connectivity index (χ3n) is 8.19. The highest BCUT2D eigenvalue weighted by atomic mass is 16.5. The molecule has 0 spiro atoms. The Bertz CT molecular complexity index is 2140. The Labute approximate surface area is 296 Å². The van der Waals surface area contributed by atoms with Crippen LogP contribution in [0.25, 0.3) is 16.5 Å². The van der Waals surface area contributed by atoms with E-state index in [0.29, 0.717) is 34.6 Å². The van der Waals surface area contributed by atoms with Crippen LogP contribution in [0.5, 0.6) is 5.75 Å². The largest absolute Gasteiger partial charge is 0.488 e. The first-order valence-corrected chi connectivity index (χ1v) is 16.9. The second-order valence-electron chi connectivity index (χ2n) is 12.4. The lowest BCUT2D eigenvalue weighted by molar-refractivity contribution is -0.128. The van der Waals surface area contributed by atoms with Gasteiger partial charge in [0.15, 0.2) is 0 Å². The first-order valence-electron chi connectivity index (χ1n) is 16.9. The molecule has 0 aliphatic heterocycles. The van der Waals surface area contributed by atoms with Gasteiger partial charge in [0.05, 0.1) is 35.4 Å². The molecule has 6 rings (SSSR count). The van der Waals surface area contributed by atoms with E-state index in [-0.39, 0.29) is 25.0 Å². The fraction of sp³-hybridized carbons (Fsp3) is 0.231. The number of nitrogens with one attached hydrogen (secondary N) is 3. The number of hydrogen-bond donors (Lipinski definition) is 3. The summed E-state index contributed by atoms with van der Waals surface area (Å²) in [5, 5.41) is 15.7. The van der Waals surface area contributed by atoms with Crippen molar-refractivity contribution in [3.63, 3.8) is 0 Å². The van der Waals surface area contributed by atoms with Crippen LogP contribution in [0.3, 0.4) is 0 Å². The first-order chi connectivity index (χ1) is 24.7. The lowest BCUT2D eigenvalue weighted by atomic mass is 10.1. The molecule has 3 amide bonds. The molecular weight excluding hydrogens is 642 g/mol. The van der Waals surface area contributed by atoms with Gasteiger partial charge in [-0.2, -0.15) is 5.10 Å². The van der Waals surface area contributed by atoms with Crippen LogP contribution in [-0.2, 0) is 24.2 Å².